The average molecular weight is 329 g/mol. The minimum Gasteiger partial charge on any atom is -0.452 e. The minimum absolute atomic E-state index is 0.0799. The lowest BCUT2D eigenvalue weighted by atomic mass is 10.2. The van der Waals surface area contributed by atoms with Crippen molar-refractivity contribution in [2.45, 2.75) is 19.3 Å². The van der Waals surface area contributed by atoms with Gasteiger partial charge < -0.3 is 14.5 Å². The summed E-state index contributed by atoms with van der Waals surface area (Å²) in [4.78, 5) is 38.4. The van der Waals surface area contributed by atoms with Crippen molar-refractivity contribution in [2.24, 2.45) is 0 Å². The summed E-state index contributed by atoms with van der Waals surface area (Å²) in [7, 11) is 1.55. The van der Waals surface area contributed by atoms with Gasteiger partial charge in [-0.1, -0.05) is 0 Å². The molecule has 7 nitrogen and oxygen atoms in total. The number of hydrogen-bond donors (Lipinski definition) is 0. The van der Waals surface area contributed by atoms with Crippen LogP contribution in [0.2, 0.25) is 0 Å². The standard InChI is InChI=1S/C17H19N3O4/c1-19(10-3-9-18)16(22)12-24-17(23)13-5-7-14(8-6-13)20-11-2-4-15(20)21/h5-8H,2-4,10-12H2,1H3. The fourth-order valence-electron chi connectivity index (χ4n) is 2.36. The number of likely N-dealkylation sites (N-methyl/N-ethyl adjacent to an activating group) is 1. The van der Waals surface area contributed by atoms with Crippen molar-refractivity contribution in [3.05, 3.63) is 29.8 Å². The van der Waals surface area contributed by atoms with Gasteiger partial charge in [0.2, 0.25) is 5.91 Å². The molecule has 126 valence electrons. The van der Waals surface area contributed by atoms with Crippen LogP contribution in [0.25, 0.3) is 0 Å². The Balaban J connectivity index is 1.87. The fourth-order valence-corrected chi connectivity index (χ4v) is 2.36. The first-order valence-corrected chi connectivity index (χ1v) is 7.71. The maximum Gasteiger partial charge on any atom is 0.338 e. The Morgan fingerprint density at radius 2 is 2.04 bits per heavy atom. The van der Waals surface area contributed by atoms with Gasteiger partial charge >= 0.3 is 5.97 Å². The molecule has 0 aromatic heterocycles. The number of esters is 1. The van der Waals surface area contributed by atoms with E-state index < -0.39 is 5.97 Å². The summed E-state index contributed by atoms with van der Waals surface area (Å²) in [6.45, 7) is 0.616. The summed E-state index contributed by atoms with van der Waals surface area (Å²) in [6.07, 6.45) is 1.61. The normalized spacial score (nSPS) is 13.5. The Hall–Kier alpha value is -2.88. The fraction of sp³-hybridized carbons (Fsp3) is 0.412. The quantitative estimate of drug-likeness (QED) is 0.735. The molecule has 0 atom stereocenters. The second-order valence-corrected chi connectivity index (χ2v) is 5.50. The Kier molecular flexibility index (Phi) is 5.90. The summed E-state index contributed by atoms with van der Waals surface area (Å²) >= 11 is 0. The van der Waals surface area contributed by atoms with E-state index in [4.69, 9.17) is 10.00 Å². The smallest absolute Gasteiger partial charge is 0.338 e. The number of nitrogens with zero attached hydrogens (tertiary/aromatic N) is 3. The van der Waals surface area contributed by atoms with Gasteiger partial charge in [-0.3, -0.25) is 9.59 Å². The maximum atomic E-state index is 12.0. The lowest BCUT2D eigenvalue weighted by Crippen LogP contribution is -2.31. The minimum atomic E-state index is -0.601. The predicted octanol–water partition coefficient (Wildman–Crippen LogP) is 1.34. The molecule has 0 bridgehead atoms. The first-order chi connectivity index (χ1) is 11.5. The third-order valence-electron chi connectivity index (χ3n) is 3.80. The number of carbonyl (C=O) groups excluding carboxylic acids is 3. The molecule has 0 spiro atoms. The van der Waals surface area contributed by atoms with Crippen molar-refractivity contribution in [1.29, 1.82) is 5.26 Å². The van der Waals surface area contributed by atoms with Gasteiger partial charge in [0.1, 0.15) is 0 Å². The molecule has 7 heteroatoms. The van der Waals surface area contributed by atoms with Gasteiger partial charge in [-0.15, -0.1) is 0 Å². The molecule has 0 unspecified atom stereocenters. The average Bonchev–Trinajstić information content (AvgIpc) is 3.03. The van der Waals surface area contributed by atoms with Crippen LogP contribution in [0.15, 0.2) is 24.3 Å². The molecule has 1 aromatic carbocycles. The highest BCUT2D eigenvalue weighted by atomic mass is 16.5. The molecule has 0 aliphatic carbocycles. The summed E-state index contributed by atoms with van der Waals surface area (Å²) in [5.41, 5.74) is 1.07. The van der Waals surface area contributed by atoms with Crippen LogP contribution < -0.4 is 4.90 Å². The zero-order valence-corrected chi connectivity index (χ0v) is 13.5. The van der Waals surface area contributed by atoms with Gasteiger partial charge in [-0.2, -0.15) is 5.26 Å². The summed E-state index contributed by atoms with van der Waals surface area (Å²) < 4.78 is 4.98. The zero-order valence-electron chi connectivity index (χ0n) is 13.5. The van der Waals surface area contributed by atoms with Crippen molar-refractivity contribution < 1.29 is 19.1 Å². The van der Waals surface area contributed by atoms with Crippen LogP contribution in [0.1, 0.15) is 29.6 Å². The van der Waals surface area contributed by atoms with Crippen molar-refractivity contribution in [1.82, 2.24) is 4.90 Å². The van der Waals surface area contributed by atoms with Crippen molar-refractivity contribution >= 4 is 23.5 Å². The molecule has 1 fully saturated rings. The van der Waals surface area contributed by atoms with Gasteiger partial charge in [-0.25, -0.2) is 4.79 Å². The van der Waals surface area contributed by atoms with Gasteiger partial charge in [0.15, 0.2) is 6.61 Å². The molecule has 0 N–H and O–H groups in total. The Labute approximate surface area is 140 Å². The number of rotatable bonds is 6. The highest BCUT2D eigenvalue weighted by Gasteiger charge is 2.22. The maximum absolute atomic E-state index is 12.0. The second kappa shape index (κ2) is 8.11. The second-order valence-electron chi connectivity index (χ2n) is 5.50. The lowest BCUT2D eigenvalue weighted by molar-refractivity contribution is -0.133. The van der Waals surface area contributed by atoms with Crippen molar-refractivity contribution in [3.8, 4) is 6.07 Å². The molecule has 0 saturated carbocycles. The van der Waals surface area contributed by atoms with Crippen LogP contribution in [0.5, 0.6) is 0 Å². The first-order valence-electron chi connectivity index (χ1n) is 7.71. The molecule has 2 amide bonds. The van der Waals surface area contributed by atoms with E-state index >= 15 is 0 Å². The first kappa shape index (κ1) is 17.5. The molecule has 1 aliphatic rings. The number of carbonyl (C=O) groups is 3. The van der Waals surface area contributed by atoms with E-state index in [1.54, 1.807) is 36.2 Å². The molecule has 0 radical (unpaired) electrons. The van der Waals surface area contributed by atoms with E-state index in [1.807, 2.05) is 6.07 Å². The van der Waals surface area contributed by atoms with Gasteiger partial charge in [-0.05, 0) is 30.7 Å². The highest BCUT2D eigenvalue weighted by molar-refractivity contribution is 5.96. The summed E-state index contributed by atoms with van der Waals surface area (Å²) in [6, 6.07) is 8.49. The topological polar surface area (TPSA) is 90.7 Å². The van der Waals surface area contributed by atoms with E-state index in [9.17, 15) is 14.4 Å². The monoisotopic (exact) mass is 329 g/mol. The van der Waals surface area contributed by atoms with Crippen molar-refractivity contribution in [2.75, 3.05) is 31.6 Å². The third kappa shape index (κ3) is 4.32. The Morgan fingerprint density at radius 3 is 2.62 bits per heavy atom. The molecular formula is C17H19N3O4. The largest absolute Gasteiger partial charge is 0.452 e. The van der Waals surface area contributed by atoms with Crippen LogP contribution in [-0.4, -0.2) is 49.4 Å². The predicted molar refractivity (Wildman–Crippen MR) is 86.2 cm³/mol. The van der Waals surface area contributed by atoms with E-state index in [0.717, 1.165) is 12.1 Å². The Morgan fingerprint density at radius 1 is 1.33 bits per heavy atom. The highest BCUT2D eigenvalue weighted by Crippen LogP contribution is 2.21. The SMILES string of the molecule is CN(CCC#N)C(=O)COC(=O)c1ccc(N2CCCC2=O)cc1. The van der Waals surface area contributed by atoms with Crippen LogP contribution in [0, 0.1) is 11.3 Å². The van der Waals surface area contributed by atoms with Crippen LogP contribution in [0.3, 0.4) is 0 Å². The summed E-state index contributed by atoms with van der Waals surface area (Å²) in [5.74, 6) is -0.884. The van der Waals surface area contributed by atoms with Crippen LogP contribution in [-0.2, 0) is 14.3 Å². The molecule has 24 heavy (non-hydrogen) atoms. The number of nitriles is 1. The van der Waals surface area contributed by atoms with Gasteiger partial charge in [0.05, 0.1) is 18.1 Å². The lowest BCUT2D eigenvalue weighted by Gasteiger charge is -2.16. The van der Waals surface area contributed by atoms with E-state index in [-0.39, 0.29) is 24.8 Å². The molecule has 1 aliphatic heterocycles. The summed E-state index contributed by atoms with van der Waals surface area (Å²) in [5, 5.41) is 8.48. The third-order valence-corrected chi connectivity index (χ3v) is 3.80. The Bertz CT molecular complexity index is 663. The number of amides is 2. The zero-order chi connectivity index (χ0) is 17.5. The van der Waals surface area contributed by atoms with Crippen molar-refractivity contribution in [3.63, 3.8) is 0 Å². The number of anilines is 1. The number of benzene rings is 1. The molecule has 2 rings (SSSR count). The van der Waals surface area contributed by atoms with Crippen LogP contribution >= 0.6 is 0 Å². The van der Waals surface area contributed by atoms with Crippen LogP contribution in [0.4, 0.5) is 5.69 Å². The van der Waals surface area contributed by atoms with E-state index in [0.29, 0.717) is 25.1 Å². The molecule has 1 saturated heterocycles. The van der Waals surface area contributed by atoms with Gasteiger partial charge in [0, 0.05) is 32.2 Å². The van der Waals surface area contributed by atoms with E-state index in [2.05, 4.69) is 0 Å². The van der Waals surface area contributed by atoms with E-state index in [1.165, 1.54) is 4.90 Å². The molecular weight excluding hydrogens is 310 g/mol. The van der Waals surface area contributed by atoms with Gasteiger partial charge in [0.25, 0.3) is 5.91 Å². The number of ether oxygens (including phenoxy) is 1. The molecule has 1 heterocycles. The number of hydrogen-bond acceptors (Lipinski definition) is 5. The molecule has 1 aromatic rings.